The second-order valence-corrected chi connectivity index (χ2v) is 3.74. The topological polar surface area (TPSA) is 34.9 Å². The third-order valence-corrected chi connectivity index (χ3v) is 2.76. The Kier molecular flexibility index (Phi) is 2.17. The fraction of sp³-hybridized carbons (Fsp3) is 0.600. The maximum absolute atomic E-state index is 10.7. The Bertz CT molecular complexity index is 311. The molecule has 1 aromatic rings. The first-order valence-electron chi connectivity index (χ1n) is 4.80. The number of hydrogen-bond acceptors (Lipinski definition) is 2. The minimum absolute atomic E-state index is 0.529. The second kappa shape index (κ2) is 3.32. The number of nitrogens with zero attached hydrogens (tertiary/aromatic N) is 2. The van der Waals surface area contributed by atoms with Crippen LogP contribution in [0.5, 0.6) is 0 Å². The molecule has 3 nitrogen and oxygen atoms in total. The highest BCUT2D eigenvalue weighted by atomic mass is 16.1. The first-order chi connectivity index (χ1) is 6.31. The van der Waals surface area contributed by atoms with Crippen molar-refractivity contribution in [3.05, 3.63) is 17.5 Å². The summed E-state index contributed by atoms with van der Waals surface area (Å²) in [6.45, 7) is 0. The molecule has 1 aliphatic carbocycles. The van der Waals surface area contributed by atoms with E-state index in [1.807, 2.05) is 7.05 Å². The lowest BCUT2D eigenvalue weighted by Crippen LogP contribution is -1.98. The Balaban J connectivity index is 2.31. The van der Waals surface area contributed by atoms with Crippen LogP contribution >= 0.6 is 0 Å². The van der Waals surface area contributed by atoms with Crippen LogP contribution < -0.4 is 0 Å². The molecule has 1 aromatic heterocycles. The number of aldehydes is 1. The van der Waals surface area contributed by atoms with E-state index in [9.17, 15) is 4.79 Å². The Hall–Kier alpha value is -1.12. The monoisotopic (exact) mass is 178 g/mol. The smallest absolute Gasteiger partial charge is 0.153 e. The van der Waals surface area contributed by atoms with E-state index in [2.05, 4.69) is 5.10 Å². The van der Waals surface area contributed by atoms with Crippen molar-refractivity contribution in [2.24, 2.45) is 7.05 Å². The van der Waals surface area contributed by atoms with E-state index in [-0.39, 0.29) is 0 Å². The van der Waals surface area contributed by atoms with Crippen LogP contribution in [0.25, 0.3) is 0 Å². The summed E-state index contributed by atoms with van der Waals surface area (Å²) in [5.74, 6) is 0.529. The quantitative estimate of drug-likeness (QED) is 0.648. The molecule has 0 amide bonds. The standard InChI is InChI=1S/C10H14N2O/c1-12-6-9(7-13)10(11-12)8-4-2-3-5-8/h6-8H,2-5H2,1H3. The SMILES string of the molecule is Cn1cc(C=O)c(C2CCCC2)n1. The van der Waals surface area contributed by atoms with Gasteiger partial charge in [-0.3, -0.25) is 9.48 Å². The molecule has 0 unspecified atom stereocenters. The molecule has 0 radical (unpaired) electrons. The predicted octanol–water partition coefficient (Wildman–Crippen LogP) is 1.89. The molecular formula is C10H14N2O. The van der Waals surface area contributed by atoms with Gasteiger partial charge >= 0.3 is 0 Å². The van der Waals surface area contributed by atoms with Gasteiger partial charge in [0.15, 0.2) is 6.29 Å². The van der Waals surface area contributed by atoms with E-state index in [4.69, 9.17) is 0 Å². The minimum Gasteiger partial charge on any atom is -0.298 e. The highest BCUT2D eigenvalue weighted by molar-refractivity contribution is 5.76. The summed E-state index contributed by atoms with van der Waals surface area (Å²) in [5, 5.41) is 4.35. The van der Waals surface area contributed by atoms with E-state index >= 15 is 0 Å². The zero-order chi connectivity index (χ0) is 9.26. The van der Waals surface area contributed by atoms with Gasteiger partial charge in [-0.15, -0.1) is 0 Å². The molecule has 70 valence electrons. The first kappa shape index (κ1) is 8.48. The molecule has 1 saturated carbocycles. The molecule has 0 atom stereocenters. The van der Waals surface area contributed by atoms with Crippen molar-refractivity contribution >= 4 is 6.29 Å². The number of hydrogen-bond donors (Lipinski definition) is 0. The molecule has 2 rings (SSSR count). The molecule has 1 aliphatic rings. The van der Waals surface area contributed by atoms with Gasteiger partial charge in [-0.05, 0) is 12.8 Å². The van der Waals surface area contributed by atoms with Crippen LogP contribution in [-0.2, 0) is 7.05 Å². The van der Waals surface area contributed by atoms with Crippen LogP contribution in [0.1, 0.15) is 47.7 Å². The van der Waals surface area contributed by atoms with Crippen molar-refractivity contribution in [2.45, 2.75) is 31.6 Å². The average molecular weight is 178 g/mol. The minimum atomic E-state index is 0.529. The Morgan fingerprint density at radius 3 is 2.85 bits per heavy atom. The number of carbonyl (C=O) groups excluding carboxylic acids is 1. The number of rotatable bonds is 2. The van der Waals surface area contributed by atoms with Crippen LogP contribution in [0, 0.1) is 0 Å². The molecule has 13 heavy (non-hydrogen) atoms. The maximum Gasteiger partial charge on any atom is 0.153 e. The van der Waals surface area contributed by atoms with E-state index in [0.29, 0.717) is 5.92 Å². The maximum atomic E-state index is 10.7. The van der Waals surface area contributed by atoms with Crippen LogP contribution in [0.3, 0.4) is 0 Å². The molecular weight excluding hydrogens is 164 g/mol. The number of aromatic nitrogens is 2. The van der Waals surface area contributed by atoms with Gasteiger partial charge in [0.2, 0.25) is 0 Å². The molecule has 0 aliphatic heterocycles. The Morgan fingerprint density at radius 2 is 2.23 bits per heavy atom. The summed E-state index contributed by atoms with van der Waals surface area (Å²) in [6, 6.07) is 0. The normalized spacial score (nSPS) is 17.9. The van der Waals surface area contributed by atoms with E-state index < -0.39 is 0 Å². The van der Waals surface area contributed by atoms with Crippen molar-refractivity contribution in [3.8, 4) is 0 Å². The molecule has 0 bridgehead atoms. The molecule has 0 aromatic carbocycles. The van der Waals surface area contributed by atoms with Crippen molar-refractivity contribution in [2.75, 3.05) is 0 Å². The largest absolute Gasteiger partial charge is 0.298 e. The fourth-order valence-electron chi connectivity index (χ4n) is 2.13. The number of carbonyl (C=O) groups is 1. The fourth-order valence-corrected chi connectivity index (χ4v) is 2.13. The van der Waals surface area contributed by atoms with E-state index in [0.717, 1.165) is 17.5 Å². The summed E-state index contributed by atoms with van der Waals surface area (Å²) in [6.07, 6.45) is 7.66. The van der Waals surface area contributed by atoms with Gasteiger partial charge in [-0.1, -0.05) is 12.8 Å². The molecule has 1 fully saturated rings. The lowest BCUT2D eigenvalue weighted by Gasteiger charge is -2.04. The van der Waals surface area contributed by atoms with Crippen LogP contribution in [-0.4, -0.2) is 16.1 Å². The van der Waals surface area contributed by atoms with Crippen LogP contribution in [0.2, 0.25) is 0 Å². The Labute approximate surface area is 77.7 Å². The highest BCUT2D eigenvalue weighted by Crippen LogP contribution is 2.34. The third kappa shape index (κ3) is 1.50. The van der Waals surface area contributed by atoms with Crippen molar-refractivity contribution in [1.29, 1.82) is 0 Å². The second-order valence-electron chi connectivity index (χ2n) is 3.74. The Morgan fingerprint density at radius 1 is 1.54 bits per heavy atom. The summed E-state index contributed by atoms with van der Waals surface area (Å²) in [5.41, 5.74) is 1.78. The van der Waals surface area contributed by atoms with Gasteiger partial charge in [0.25, 0.3) is 0 Å². The summed E-state index contributed by atoms with van der Waals surface area (Å²) >= 11 is 0. The average Bonchev–Trinajstić information content (AvgIpc) is 2.71. The lowest BCUT2D eigenvalue weighted by molar-refractivity contribution is 0.112. The van der Waals surface area contributed by atoms with Crippen LogP contribution in [0.15, 0.2) is 6.20 Å². The van der Waals surface area contributed by atoms with Crippen molar-refractivity contribution in [3.63, 3.8) is 0 Å². The number of aryl methyl sites for hydroxylation is 1. The van der Waals surface area contributed by atoms with Crippen LogP contribution in [0.4, 0.5) is 0 Å². The lowest BCUT2D eigenvalue weighted by atomic mass is 10.0. The molecule has 0 saturated heterocycles. The zero-order valence-electron chi connectivity index (χ0n) is 7.86. The first-order valence-corrected chi connectivity index (χ1v) is 4.80. The van der Waals surface area contributed by atoms with Gasteiger partial charge in [0.05, 0.1) is 11.3 Å². The molecule has 3 heteroatoms. The molecule has 0 spiro atoms. The van der Waals surface area contributed by atoms with Crippen molar-refractivity contribution < 1.29 is 4.79 Å². The zero-order valence-corrected chi connectivity index (χ0v) is 7.86. The highest BCUT2D eigenvalue weighted by Gasteiger charge is 2.22. The van der Waals surface area contributed by atoms with Gasteiger partial charge < -0.3 is 0 Å². The van der Waals surface area contributed by atoms with Gasteiger partial charge in [0, 0.05) is 19.2 Å². The van der Waals surface area contributed by atoms with Crippen molar-refractivity contribution in [1.82, 2.24) is 9.78 Å². The molecule has 0 N–H and O–H groups in total. The predicted molar refractivity (Wildman–Crippen MR) is 49.8 cm³/mol. The van der Waals surface area contributed by atoms with Gasteiger partial charge in [-0.25, -0.2) is 0 Å². The molecule has 1 heterocycles. The van der Waals surface area contributed by atoms with E-state index in [1.165, 1.54) is 25.7 Å². The summed E-state index contributed by atoms with van der Waals surface area (Å²) in [4.78, 5) is 10.7. The summed E-state index contributed by atoms with van der Waals surface area (Å²) in [7, 11) is 1.87. The van der Waals surface area contributed by atoms with Gasteiger partial charge in [0.1, 0.15) is 0 Å². The van der Waals surface area contributed by atoms with Gasteiger partial charge in [-0.2, -0.15) is 5.10 Å². The summed E-state index contributed by atoms with van der Waals surface area (Å²) < 4.78 is 1.73. The third-order valence-electron chi connectivity index (χ3n) is 2.76. The van der Waals surface area contributed by atoms with E-state index in [1.54, 1.807) is 10.9 Å².